The van der Waals surface area contributed by atoms with Crippen LogP contribution in [0.25, 0.3) is 0 Å². The van der Waals surface area contributed by atoms with Crippen molar-refractivity contribution in [2.24, 2.45) is 0 Å². The number of nitrogens with zero attached hydrogens (tertiary/aromatic N) is 2. The lowest BCUT2D eigenvalue weighted by molar-refractivity contribution is 0.0690. The molecule has 7 heteroatoms. The number of rotatable bonds is 2. The molecule has 1 heterocycles. The number of nitrogen functional groups attached to an aromatic ring is 1. The van der Waals surface area contributed by atoms with Gasteiger partial charge in [0.1, 0.15) is 5.82 Å². The molecule has 0 bridgehead atoms. The molecule has 15 heavy (non-hydrogen) atoms. The average molecular weight is 213 g/mol. The van der Waals surface area contributed by atoms with Gasteiger partial charge in [-0.25, -0.2) is 18.6 Å². The average Bonchev–Trinajstić information content (AvgIpc) is 2.15. The second-order valence-corrected chi connectivity index (χ2v) is 2.57. The molecule has 3 N–H and O–H groups in total. The molecule has 78 valence electrons. The molecule has 0 saturated heterocycles. The third-order valence-corrected chi connectivity index (χ3v) is 1.65. The topological polar surface area (TPSA) is 100 Å². The maximum Gasteiger partial charge on any atom is 0.354 e. The number of alkyl halides is 2. The first-order chi connectivity index (χ1) is 6.97. The van der Waals surface area contributed by atoms with E-state index in [1.165, 1.54) is 6.07 Å². The smallest absolute Gasteiger partial charge is 0.354 e. The van der Waals surface area contributed by atoms with Crippen molar-refractivity contribution < 1.29 is 18.7 Å². The van der Waals surface area contributed by atoms with Gasteiger partial charge in [-0.3, -0.25) is 0 Å². The van der Waals surface area contributed by atoms with Crippen molar-refractivity contribution in [3.63, 3.8) is 0 Å². The molecule has 0 fully saturated rings. The van der Waals surface area contributed by atoms with Crippen molar-refractivity contribution in [2.75, 3.05) is 5.73 Å². The first kappa shape index (κ1) is 10.8. The number of hydrogen-bond acceptors (Lipinski definition) is 4. The molecule has 0 aliphatic rings. The molecule has 5 nitrogen and oxygen atoms in total. The summed E-state index contributed by atoms with van der Waals surface area (Å²) >= 11 is 0. The fraction of sp³-hybridized carbons (Fsp3) is 0.125. The van der Waals surface area contributed by atoms with Gasteiger partial charge in [0.25, 0.3) is 6.43 Å². The van der Waals surface area contributed by atoms with Gasteiger partial charge < -0.3 is 10.8 Å². The number of carboxylic acids is 1. The minimum absolute atomic E-state index is 0.477. The maximum atomic E-state index is 12.4. The summed E-state index contributed by atoms with van der Waals surface area (Å²) in [6.45, 7) is 0. The van der Waals surface area contributed by atoms with E-state index in [0.717, 1.165) is 6.07 Å². The number of hydrogen-bond donors (Lipinski definition) is 2. The van der Waals surface area contributed by atoms with Crippen molar-refractivity contribution in [3.8, 4) is 6.07 Å². The standard InChI is InChI=1S/C8H5F2N3O2/c9-6(10)5-3(2-11)1-4(8(14)15)13-7(5)12/h1,6H,(H2,12,13)(H,14,15). The predicted octanol–water partition coefficient (Wildman–Crippen LogP) is 1.17. The van der Waals surface area contributed by atoms with Gasteiger partial charge in [0.2, 0.25) is 0 Å². The van der Waals surface area contributed by atoms with E-state index in [2.05, 4.69) is 4.98 Å². The van der Waals surface area contributed by atoms with E-state index in [4.69, 9.17) is 16.1 Å². The number of nitriles is 1. The predicted molar refractivity (Wildman–Crippen MR) is 45.3 cm³/mol. The van der Waals surface area contributed by atoms with Crippen LogP contribution in [0.3, 0.4) is 0 Å². The highest BCUT2D eigenvalue weighted by atomic mass is 19.3. The monoisotopic (exact) mass is 213 g/mol. The number of carboxylic acid groups (broad SMARTS) is 1. The van der Waals surface area contributed by atoms with Gasteiger partial charge in [-0.15, -0.1) is 0 Å². The van der Waals surface area contributed by atoms with Crippen LogP contribution in [0.4, 0.5) is 14.6 Å². The number of pyridine rings is 1. The third kappa shape index (κ3) is 1.99. The molecule has 0 aliphatic heterocycles. The molecule has 0 atom stereocenters. The Balaban J connectivity index is 3.46. The Labute approximate surface area is 82.8 Å². The summed E-state index contributed by atoms with van der Waals surface area (Å²) in [4.78, 5) is 13.7. The molecule has 1 aromatic heterocycles. The molecular formula is C8H5F2N3O2. The van der Waals surface area contributed by atoms with Crippen molar-refractivity contribution in [3.05, 3.63) is 22.9 Å². The van der Waals surface area contributed by atoms with Crippen LogP contribution in [0.2, 0.25) is 0 Å². The largest absolute Gasteiger partial charge is 0.477 e. The number of aromatic nitrogens is 1. The third-order valence-electron chi connectivity index (χ3n) is 1.65. The molecule has 0 saturated carbocycles. The number of halogens is 2. The van der Waals surface area contributed by atoms with Gasteiger partial charge in [0.15, 0.2) is 5.69 Å². The first-order valence-electron chi connectivity index (χ1n) is 3.69. The fourth-order valence-corrected chi connectivity index (χ4v) is 1.01. The summed E-state index contributed by atoms with van der Waals surface area (Å²) in [5, 5.41) is 17.1. The highest BCUT2D eigenvalue weighted by Crippen LogP contribution is 2.27. The Morgan fingerprint density at radius 2 is 2.27 bits per heavy atom. The second-order valence-electron chi connectivity index (χ2n) is 2.57. The van der Waals surface area contributed by atoms with E-state index >= 15 is 0 Å². The zero-order chi connectivity index (χ0) is 11.6. The van der Waals surface area contributed by atoms with Crippen LogP contribution >= 0.6 is 0 Å². The normalized spacial score (nSPS) is 10.0. The molecule has 0 amide bonds. The maximum absolute atomic E-state index is 12.4. The van der Waals surface area contributed by atoms with E-state index in [0.29, 0.717) is 0 Å². The summed E-state index contributed by atoms with van der Waals surface area (Å²) in [5.41, 5.74) is 3.39. The van der Waals surface area contributed by atoms with E-state index in [-0.39, 0.29) is 0 Å². The van der Waals surface area contributed by atoms with Crippen LogP contribution in [0.1, 0.15) is 28.0 Å². The van der Waals surface area contributed by atoms with Crippen LogP contribution in [0.5, 0.6) is 0 Å². The summed E-state index contributed by atoms with van der Waals surface area (Å²) < 4.78 is 24.8. The lowest BCUT2D eigenvalue weighted by Gasteiger charge is -2.06. The quantitative estimate of drug-likeness (QED) is 0.767. The Morgan fingerprint density at radius 3 is 2.67 bits per heavy atom. The highest BCUT2D eigenvalue weighted by Gasteiger charge is 2.20. The van der Waals surface area contributed by atoms with Crippen molar-refractivity contribution >= 4 is 11.8 Å². The minimum Gasteiger partial charge on any atom is -0.477 e. The molecular weight excluding hydrogens is 208 g/mol. The molecule has 0 aromatic carbocycles. The molecule has 0 radical (unpaired) electrons. The minimum atomic E-state index is -2.96. The van der Waals surface area contributed by atoms with Crippen LogP contribution < -0.4 is 5.73 Å². The van der Waals surface area contributed by atoms with Crippen molar-refractivity contribution in [1.82, 2.24) is 4.98 Å². The molecule has 1 aromatic rings. The van der Waals surface area contributed by atoms with Crippen LogP contribution in [0, 0.1) is 11.3 Å². The van der Waals surface area contributed by atoms with E-state index in [9.17, 15) is 13.6 Å². The summed E-state index contributed by atoms with van der Waals surface area (Å²) in [6, 6.07) is 2.21. The summed E-state index contributed by atoms with van der Waals surface area (Å²) in [5.74, 6) is -2.07. The van der Waals surface area contributed by atoms with E-state index in [1.807, 2.05) is 0 Å². The number of aromatic carboxylic acids is 1. The Morgan fingerprint density at radius 1 is 1.67 bits per heavy atom. The Kier molecular flexibility index (Phi) is 2.80. The molecule has 0 aliphatic carbocycles. The van der Waals surface area contributed by atoms with Crippen LogP contribution in [-0.4, -0.2) is 16.1 Å². The van der Waals surface area contributed by atoms with E-state index < -0.39 is 35.0 Å². The van der Waals surface area contributed by atoms with Gasteiger partial charge >= 0.3 is 5.97 Å². The molecule has 0 unspecified atom stereocenters. The Hall–Kier alpha value is -2.23. The van der Waals surface area contributed by atoms with Gasteiger partial charge in [0, 0.05) is 0 Å². The molecule has 1 rings (SSSR count). The SMILES string of the molecule is N#Cc1cc(C(=O)O)nc(N)c1C(F)F. The number of nitrogens with two attached hydrogens (primary N) is 1. The van der Waals surface area contributed by atoms with Gasteiger partial charge in [-0.1, -0.05) is 0 Å². The highest BCUT2D eigenvalue weighted by molar-refractivity contribution is 5.86. The summed E-state index contributed by atoms with van der Waals surface area (Å²) in [7, 11) is 0. The van der Waals surface area contributed by atoms with Gasteiger partial charge in [-0.2, -0.15) is 5.26 Å². The zero-order valence-corrected chi connectivity index (χ0v) is 7.24. The van der Waals surface area contributed by atoms with Crippen molar-refractivity contribution in [2.45, 2.75) is 6.43 Å². The Bertz CT molecular complexity index is 454. The van der Waals surface area contributed by atoms with Crippen molar-refractivity contribution in [1.29, 1.82) is 5.26 Å². The number of anilines is 1. The first-order valence-corrected chi connectivity index (χ1v) is 3.69. The zero-order valence-electron chi connectivity index (χ0n) is 7.24. The fourth-order valence-electron chi connectivity index (χ4n) is 1.01. The van der Waals surface area contributed by atoms with E-state index in [1.54, 1.807) is 0 Å². The lowest BCUT2D eigenvalue weighted by atomic mass is 10.1. The lowest BCUT2D eigenvalue weighted by Crippen LogP contribution is -2.08. The van der Waals surface area contributed by atoms with Crippen LogP contribution in [-0.2, 0) is 0 Å². The molecule has 0 spiro atoms. The van der Waals surface area contributed by atoms with Gasteiger partial charge in [-0.05, 0) is 6.07 Å². The summed E-state index contributed by atoms with van der Waals surface area (Å²) in [6.07, 6.45) is -2.96. The second kappa shape index (κ2) is 3.88. The number of carbonyl (C=O) groups is 1. The van der Waals surface area contributed by atoms with Gasteiger partial charge in [0.05, 0.1) is 17.2 Å². The van der Waals surface area contributed by atoms with Crippen LogP contribution in [0.15, 0.2) is 6.07 Å².